The highest BCUT2D eigenvalue weighted by molar-refractivity contribution is 6.21. The van der Waals surface area contributed by atoms with Crippen molar-refractivity contribution in [1.29, 1.82) is 5.26 Å². The summed E-state index contributed by atoms with van der Waals surface area (Å²) in [4.78, 5) is 24.3. The standard InChI is InChI=1S/C17H11N3O3/c18-9-10-23-13-7-5-12(6-8-13)11-19-20-16(21)14-3-1-2-4-15(14)17(20)22/h1-8,11H,10H2/b19-11-. The minimum absolute atomic E-state index is 0.0253. The molecule has 2 amide bonds. The number of benzene rings is 2. The Bertz CT molecular complexity index is 800. The SMILES string of the molecule is N#CCOc1ccc(/C=N\N2C(=O)c3ccccc3C2=O)cc1. The molecule has 6 heteroatoms. The van der Waals surface area contributed by atoms with Gasteiger partial charge in [0.25, 0.3) is 11.8 Å². The maximum absolute atomic E-state index is 12.1. The molecule has 0 unspecified atom stereocenters. The Morgan fingerprint density at radius 3 is 2.22 bits per heavy atom. The number of carbonyl (C=O) groups is 2. The summed E-state index contributed by atoms with van der Waals surface area (Å²) in [6.45, 7) is -0.0253. The van der Waals surface area contributed by atoms with Crippen molar-refractivity contribution in [2.24, 2.45) is 5.10 Å². The molecule has 0 spiro atoms. The normalized spacial score (nSPS) is 13.3. The number of carbonyl (C=O) groups excluding carboxylic acids is 2. The molecule has 0 aliphatic carbocycles. The molecular weight excluding hydrogens is 294 g/mol. The van der Waals surface area contributed by atoms with Crippen LogP contribution in [0, 0.1) is 11.3 Å². The van der Waals surface area contributed by atoms with Gasteiger partial charge in [-0.3, -0.25) is 9.59 Å². The molecule has 23 heavy (non-hydrogen) atoms. The first-order valence-corrected chi connectivity index (χ1v) is 6.82. The fraction of sp³-hybridized carbons (Fsp3) is 0.0588. The van der Waals surface area contributed by atoms with Crippen molar-refractivity contribution in [1.82, 2.24) is 5.01 Å². The van der Waals surface area contributed by atoms with Crippen LogP contribution in [0.15, 0.2) is 53.6 Å². The minimum atomic E-state index is -0.434. The van der Waals surface area contributed by atoms with E-state index in [-0.39, 0.29) is 6.61 Å². The monoisotopic (exact) mass is 305 g/mol. The number of hydrazone groups is 1. The van der Waals surface area contributed by atoms with Crippen molar-refractivity contribution < 1.29 is 14.3 Å². The number of hydrogen-bond acceptors (Lipinski definition) is 5. The van der Waals surface area contributed by atoms with Gasteiger partial charge in [0, 0.05) is 0 Å². The Morgan fingerprint density at radius 1 is 1.04 bits per heavy atom. The van der Waals surface area contributed by atoms with Gasteiger partial charge in [0.05, 0.1) is 17.3 Å². The first-order valence-electron chi connectivity index (χ1n) is 6.82. The molecule has 0 N–H and O–H groups in total. The Hall–Kier alpha value is -3.46. The van der Waals surface area contributed by atoms with Crippen LogP contribution in [0.5, 0.6) is 5.75 Å². The summed E-state index contributed by atoms with van der Waals surface area (Å²) in [6, 6.07) is 15.3. The first-order chi connectivity index (χ1) is 11.2. The Morgan fingerprint density at radius 2 is 1.65 bits per heavy atom. The van der Waals surface area contributed by atoms with Crippen molar-refractivity contribution >= 4 is 18.0 Å². The number of ether oxygens (including phenoxy) is 1. The lowest BCUT2D eigenvalue weighted by molar-refractivity contribution is 0.0660. The van der Waals surface area contributed by atoms with E-state index in [0.717, 1.165) is 5.01 Å². The van der Waals surface area contributed by atoms with Crippen molar-refractivity contribution in [3.8, 4) is 11.8 Å². The third kappa shape index (κ3) is 2.80. The zero-order chi connectivity index (χ0) is 16.2. The minimum Gasteiger partial charge on any atom is -0.479 e. The summed E-state index contributed by atoms with van der Waals surface area (Å²) in [6.07, 6.45) is 1.43. The lowest BCUT2D eigenvalue weighted by atomic mass is 10.1. The smallest absolute Gasteiger partial charge is 0.282 e. The number of fused-ring (bicyclic) bond motifs is 1. The lowest BCUT2D eigenvalue weighted by Crippen LogP contribution is -2.23. The van der Waals surface area contributed by atoms with Crippen molar-refractivity contribution in [3.05, 3.63) is 65.2 Å². The van der Waals surface area contributed by atoms with Gasteiger partial charge in [-0.2, -0.15) is 15.4 Å². The molecule has 3 rings (SSSR count). The maximum atomic E-state index is 12.1. The molecule has 2 aromatic rings. The maximum Gasteiger partial charge on any atom is 0.282 e. The second kappa shape index (κ2) is 6.12. The van der Waals surface area contributed by atoms with E-state index in [1.807, 2.05) is 6.07 Å². The van der Waals surface area contributed by atoms with Gasteiger partial charge in [0.15, 0.2) is 6.61 Å². The van der Waals surface area contributed by atoms with Crippen LogP contribution in [0.4, 0.5) is 0 Å². The van der Waals surface area contributed by atoms with Gasteiger partial charge in [-0.25, -0.2) is 0 Å². The third-order valence-corrected chi connectivity index (χ3v) is 3.28. The zero-order valence-corrected chi connectivity index (χ0v) is 12.0. The fourth-order valence-electron chi connectivity index (χ4n) is 2.17. The van der Waals surface area contributed by atoms with Crippen LogP contribution >= 0.6 is 0 Å². The van der Waals surface area contributed by atoms with E-state index in [9.17, 15) is 9.59 Å². The summed E-state index contributed by atoms with van der Waals surface area (Å²) < 4.78 is 5.14. The van der Waals surface area contributed by atoms with Crippen molar-refractivity contribution in [3.63, 3.8) is 0 Å². The molecule has 0 fully saturated rings. The highest BCUT2D eigenvalue weighted by atomic mass is 16.5. The van der Waals surface area contributed by atoms with Gasteiger partial charge >= 0.3 is 0 Å². The van der Waals surface area contributed by atoms with Gasteiger partial charge in [0.1, 0.15) is 11.8 Å². The van der Waals surface area contributed by atoms with Crippen LogP contribution in [0.2, 0.25) is 0 Å². The highest BCUT2D eigenvalue weighted by Crippen LogP contribution is 2.22. The van der Waals surface area contributed by atoms with E-state index in [2.05, 4.69) is 5.10 Å². The van der Waals surface area contributed by atoms with E-state index in [0.29, 0.717) is 22.4 Å². The highest BCUT2D eigenvalue weighted by Gasteiger charge is 2.35. The van der Waals surface area contributed by atoms with Crippen molar-refractivity contribution in [2.45, 2.75) is 0 Å². The van der Waals surface area contributed by atoms with Crippen LogP contribution in [0.25, 0.3) is 0 Å². The molecule has 0 aromatic heterocycles. The van der Waals surface area contributed by atoms with Crippen LogP contribution in [0.1, 0.15) is 26.3 Å². The van der Waals surface area contributed by atoms with Crippen molar-refractivity contribution in [2.75, 3.05) is 6.61 Å². The molecule has 0 radical (unpaired) electrons. The van der Waals surface area contributed by atoms with Gasteiger partial charge in [-0.1, -0.05) is 12.1 Å². The molecule has 112 valence electrons. The van der Waals surface area contributed by atoms with E-state index in [4.69, 9.17) is 10.00 Å². The number of rotatable bonds is 4. The number of nitriles is 1. The summed E-state index contributed by atoms with van der Waals surface area (Å²) >= 11 is 0. The first kappa shape index (κ1) is 14.5. The Kier molecular flexibility index (Phi) is 3.85. The summed E-state index contributed by atoms with van der Waals surface area (Å²) in [5, 5.41) is 13.3. The quantitative estimate of drug-likeness (QED) is 0.640. The van der Waals surface area contributed by atoms with E-state index >= 15 is 0 Å². The van der Waals surface area contributed by atoms with E-state index in [1.165, 1.54) is 6.21 Å². The molecule has 0 bridgehead atoms. The summed E-state index contributed by atoms with van der Waals surface area (Å²) in [7, 11) is 0. The van der Waals surface area contributed by atoms with Gasteiger partial charge < -0.3 is 4.74 Å². The molecule has 1 aliphatic rings. The molecule has 1 heterocycles. The zero-order valence-electron chi connectivity index (χ0n) is 12.0. The van der Waals surface area contributed by atoms with Crippen LogP contribution in [-0.2, 0) is 0 Å². The Balaban J connectivity index is 1.75. The van der Waals surface area contributed by atoms with Crippen LogP contribution in [-0.4, -0.2) is 29.6 Å². The number of imide groups is 1. The molecule has 1 aliphatic heterocycles. The topological polar surface area (TPSA) is 82.8 Å². The van der Waals surface area contributed by atoms with Crippen LogP contribution in [0.3, 0.4) is 0 Å². The number of amides is 2. The molecule has 0 atom stereocenters. The molecule has 0 saturated heterocycles. The molecule has 2 aromatic carbocycles. The average Bonchev–Trinajstić information content (AvgIpc) is 2.84. The molecular formula is C17H11N3O3. The second-order valence-electron chi connectivity index (χ2n) is 4.73. The predicted molar refractivity (Wildman–Crippen MR) is 82.1 cm³/mol. The van der Waals surface area contributed by atoms with Crippen LogP contribution < -0.4 is 4.74 Å². The second-order valence-corrected chi connectivity index (χ2v) is 4.73. The van der Waals surface area contributed by atoms with Gasteiger partial charge in [0.2, 0.25) is 0 Å². The fourth-order valence-corrected chi connectivity index (χ4v) is 2.17. The number of nitrogens with zero attached hydrogens (tertiary/aromatic N) is 3. The van der Waals surface area contributed by atoms with Gasteiger partial charge in [-0.05, 0) is 42.0 Å². The largest absolute Gasteiger partial charge is 0.479 e. The average molecular weight is 305 g/mol. The van der Waals surface area contributed by atoms with Gasteiger partial charge in [-0.15, -0.1) is 0 Å². The third-order valence-electron chi connectivity index (χ3n) is 3.28. The predicted octanol–water partition coefficient (Wildman–Crippen LogP) is 2.22. The summed E-state index contributed by atoms with van der Waals surface area (Å²) in [5.74, 6) is -0.309. The summed E-state index contributed by atoms with van der Waals surface area (Å²) in [5.41, 5.74) is 1.41. The molecule has 6 nitrogen and oxygen atoms in total. The molecule has 0 saturated carbocycles. The van der Waals surface area contributed by atoms with E-state index < -0.39 is 11.8 Å². The van der Waals surface area contributed by atoms with E-state index in [1.54, 1.807) is 48.5 Å². The lowest BCUT2D eigenvalue weighted by Gasteiger charge is -2.05. The number of hydrogen-bond donors (Lipinski definition) is 0. The Labute approximate surface area is 132 Å².